The summed E-state index contributed by atoms with van der Waals surface area (Å²) in [5.41, 5.74) is 0.636. The third-order valence-electron chi connectivity index (χ3n) is 2.70. The molecule has 0 fully saturated rings. The fourth-order valence-corrected chi connectivity index (χ4v) is 1.62. The van der Waals surface area contributed by atoms with Gasteiger partial charge in [-0.3, -0.25) is 4.79 Å². The van der Waals surface area contributed by atoms with Crippen LogP contribution in [-0.2, 0) is 4.79 Å². The van der Waals surface area contributed by atoms with E-state index in [1.54, 1.807) is 12.1 Å². The number of phenols is 1. The van der Waals surface area contributed by atoms with E-state index in [9.17, 15) is 9.90 Å². The predicted molar refractivity (Wildman–Crippen MR) is 85.6 cm³/mol. The van der Waals surface area contributed by atoms with Crippen molar-refractivity contribution in [2.24, 2.45) is 4.99 Å². The molecule has 0 saturated carbocycles. The first-order valence-electron chi connectivity index (χ1n) is 7.26. The van der Waals surface area contributed by atoms with Crippen LogP contribution in [0.4, 0.5) is 5.69 Å². The quantitative estimate of drug-likeness (QED) is 0.267. The molecule has 1 amide bonds. The number of unbranched alkanes of at least 4 members (excludes halogenated alkanes) is 1. The first-order valence-corrected chi connectivity index (χ1v) is 7.26. The zero-order valence-electron chi connectivity index (χ0n) is 12.6. The van der Waals surface area contributed by atoms with E-state index in [0.717, 1.165) is 25.9 Å². The van der Waals surface area contributed by atoms with Gasteiger partial charge in [0.25, 0.3) is 0 Å². The number of rotatable bonds is 7. The molecule has 1 aromatic carbocycles. The number of benzene rings is 1. The Morgan fingerprint density at radius 1 is 1.19 bits per heavy atom. The molecule has 0 unspecified atom stereocenters. The summed E-state index contributed by atoms with van der Waals surface area (Å²) in [5, 5.41) is 18.2. The predicted octanol–water partition coefficient (Wildman–Crippen LogP) is 1.69. The molecular weight excluding hydrogens is 268 g/mol. The molecule has 0 heterocycles. The highest BCUT2D eigenvalue weighted by molar-refractivity contribution is 5.94. The summed E-state index contributed by atoms with van der Waals surface area (Å²) in [5.74, 6) is 0.612. The molecule has 116 valence electrons. The lowest BCUT2D eigenvalue weighted by atomic mass is 10.3. The average molecular weight is 292 g/mol. The van der Waals surface area contributed by atoms with Gasteiger partial charge in [0.15, 0.2) is 5.96 Å². The zero-order chi connectivity index (χ0) is 15.5. The molecule has 6 nitrogen and oxygen atoms in total. The number of phenolic OH excluding ortho intramolecular Hbond substituents is 1. The van der Waals surface area contributed by atoms with E-state index >= 15 is 0 Å². The Bertz CT molecular complexity index is 457. The maximum atomic E-state index is 11.8. The van der Waals surface area contributed by atoms with Crippen LogP contribution in [-0.4, -0.2) is 36.6 Å². The van der Waals surface area contributed by atoms with Crippen molar-refractivity contribution in [3.05, 3.63) is 24.3 Å². The molecule has 0 aliphatic rings. The van der Waals surface area contributed by atoms with Crippen LogP contribution in [0.15, 0.2) is 29.3 Å². The van der Waals surface area contributed by atoms with E-state index in [2.05, 4.69) is 27.9 Å². The van der Waals surface area contributed by atoms with Crippen molar-refractivity contribution in [3.8, 4) is 5.75 Å². The summed E-state index contributed by atoms with van der Waals surface area (Å²) in [7, 11) is 0. The van der Waals surface area contributed by atoms with Crippen molar-refractivity contribution in [3.63, 3.8) is 0 Å². The van der Waals surface area contributed by atoms with Gasteiger partial charge in [-0.15, -0.1) is 0 Å². The van der Waals surface area contributed by atoms with Gasteiger partial charge in [0, 0.05) is 18.8 Å². The number of guanidine groups is 1. The Balaban J connectivity index is 2.46. The lowest BCUT2D eigenvalue weighted by Gasteiger charge is -2.10. The zero-order valence-corrected chi connectivity index (χ0v) is 12.6. The first kappa shape index (κ1) is 16.8. The summed E-state index contributed by atoms with van der Waals surface area (Å²) in [4.78, 5) is 16.0. The van der Waals surface area contributed by atoms with Gasteiger partial charge < -0.3 is 21.1 Å². The van der Waals surface area contributed by atoms with E-state index in [0.29, 0.717) is 11.6 Å². The molecule has 0 atom stereocenters. The maximum absolute atomic E-state index is 11.8. The Hall–Kier alpha value is -2.24. The summed E-state index contributed by atoms with van der Waals surface area (Å²) >= 11 is 0. The van der Waals surface area contributed by atoms with Crippen LogP contribution in [0, 0.1) is 0 Å². The standard InChI is InChI=1S/C15H24N4O2/c1-3-5-10-17-15(16-4-2)18-11-14(21)19-12-6-8-13(20)9-7-12/h6-9,20H,3-5,10-11H2,1-2H3,(H,19,21)(H2,16,17,18). The third-order valence-corrected chi connectivity index (χ3v) is 2.70. The molecule has 0 bridgehead atoms. The minimum atomic E-state index is -0.201. The van der Waals surface area contributed by atoms with Crippen LogP contribution in [0.25, 0.3) is 0 Å². The van der Waals surface area contributed by atoms with E-state index in [-0.39, 0.29) is 18.2 Å². The van der Waals surface area contributed by atoms with Crippen LogP contribution in [0.3, 0.4) is 0 Å². The fourth-order valence-electron chi connectivity index (χ4n) is 1.62. The van der Waals surface area contributed by atoms with Crippen molar-refractivity contribution in [2.45, 2.75) is 26.7 Å². The number of carbonyl (C=O) groups excluding carboxylic acids is 1. The molecule has 0 saturated heterocycles. The Morgan fingerprint density at radius 2 is 1.90 bits per heavy atom. The number of anilines is 1. The molecule has 0 spiro atoms. The van der Waals surface area contributed by atoms with Crippen LogP contribution in [0.2, 0.25) is 0 Å². The highest BCUT2D eigenvalue weighted by Crippen LogP contribution is 2.13. The minimum Gasteiger partial charge on any atom is -0.508 e. The number of aromatic hydroxyl groups is 1. The summed E-state index contributed by atoms with van der Waals surface area (Å²) < 4.78 is 0. The molecule has 0 aromatic heterocycles. The van der Waals surface area contributed by atoms with Gasteiger partial charge in [-0.05, 0) is 37.6 Å². The molecular formula is C15H24N4O2. The SMILES string of the molecule is CCCCNC(=NCC(=O)Nc1ccc(O)cc1)NCC. The van der Waals surface area contributed by atoms with Gasteiger partial charge in [-0.1, -0.05) is 13.3 Å². The van der Waals surface area contributed by atoms with Crippen molar-refractivity contribution >= 4 is 17.6 Å². The highest BCUT2D eigenvalue weighted by atomic mass is 16.3. The number of hydrogen-bond acceptors (Lipinski definition) is 3. The lowest BCUT2D eigenvalue weighted by Crippen LogP contribution is -2.38. The molecule has 1 rings (SSSR count). The number of hydrogen-bond donors (Lipinski definition) is 4. The topological polar surface area (TPSA) is 85.8 Å². The molecule has 6 heteroatoms. The Morgan fingerprint density at radius 3 is 2.52 bits per heavy atom. The summed E-state index contributed by atoms with van der Waals surface area (Å²) in [6.45, 7) is 5.73. The number of amides is 1. The van der Waals surface area contributed by atoms with E-state index in [4.69, 9.17) is 0 Å². The second-order valence-corrected chi connectivity index (χ2v) is 4.57. The molecule has 0 aliphatic carbocycles. The van der Waals surface area contributed by atoms with Gasteiger partial charge in [0.2, 0.25) is 5.91 Å². The van der Waals surface area contributed by atoms with E-state index < -0.39 is 0 Å². The van der Waals surface area contributed by atoms with Gasteiger partial charge in [0.05, 0.1) is 0 Å². The van der Waals surface area contributed by atoms with Crippen LogP contribution in [0.1, 0.15) is 26.7 Å². The molecule has 1 aromatic rings. The molecule has 21 heavy (non-hydrogen) atoms. The third kappa shape index (κ3) is 7.20. The van der Waals surface area contributed by atoms with Crippen molar-refractivity contribution in [1.82, 2.24) is 10.6 Å². The summed E-state index contributed by atoms with van der Waals surface area (Å²) in [6, 6.07) is 6.33. The smallest absolute Gasteiger partial charge is 0.246 e. The fraction of sp³-hybridized carbons (Fsp3) is 0.467. The normalized spacial score (nSPS) is 11.0. The van der Waals surface area contributed by atoms with Crippen molar-refractivity contribution in [1.29, 1.82) is 0 Å². The number of carbonyl (C=O) groups is 1. The average Bonchev–Trinajstić information content (AvgIpc) is 2.47. The van der Waals surface area contributed by atoms with E-state index in [1.807, 2.05) is 6.92 Å². The number of nitrogens with zero attached hydrogens (tertiary/aromatic N) is 1. The molecule has 0 aliphatic heterocycles. The first-order chi connectivity index (χ1) is 10.2. The monoisotopic (exact) mass is 292 g/mol. The second kappa shape index (κ2) is 9.63. The second-order valence-electron chi connectivity index (χ2n) is 4.57. The summed E-state index contributed by atoms with van der Waals surface area (Å²) in [6.07, 6.45) is 2.16. The maximum Gasteiger partial charge on any atom is 0.246 e. The lowest BCUT2D eigenvalue weighted by molar-refractivity contribution is -0.114. The van der Waals surface area contributed by atoms with Crippen LogP contribution < -0.4 is 16.0 Å². The van der Waals surface area contributed by atoms with Gasteiger partial charge >= 0.3 is 0 Å². The van der Waals surface area contributed by atoms with Gasteiger partial charge in [-0.2, -0.15) is 0 Å². The molecule has 0 radical (unpaired) electrons. The van der Waals surface area contributed by atoms with Gasteiger partial charge in [-0.25, -0.2) is 4.99 Å². The highest BCUT2D eigenvalue weighted by Gasteiger charge is 2.03. The minimum absolute atomic E-state index is 0.0440. The number of nitrogens with one attached hydrogen (secondary N) is 3. The Labute approximate surface area is 125 Å². The van der Waals surface area contributed by atoms with Crippen LogP contribution >= 0.6 is 0 Å². The van der Waals surface area contributed by atoms with Gasteiger partial charge in [0.1, 0.15) is 12.3 Å². The van der Waals surface area contributed by atoms with Crippen molar-refractivity contribution < 1.29 is 9.90 Å². The van der Waals surface area contributed by atoms with E-state index in [1.165, 1.54) is 12.1 Å². The number of aliphatic imine (C=N–C) groups is 1. The molecule has 4 N–H and O–H groups in total. The largest absolute Gasteiger partial charge is 0.508 e. The Kier molecular flexibility index (Phi) is 7.71. The van der Waals surface area contributed by atoms with Crippen LogP contribution in [0.5, 0.6) is 5.75 Å². The van der Waals surface area contributed by atoms with Crippen molar-refractivity contribution in [2.75, 3.05) is 25.0 Å².